The average molecular weight is 315 g/mol. The van der Waals surface area contributed by atoms with Gasteiger partial charge in [0.2, 0.25) is 0 Å². The first kappa shape index (κ1) is 15.0. The minimum Gasteiger partial charge on any atom is -0.398 e. The third kappa shape index (κ3) is 3.15. The fraction of sp³-hybridized carbons (Fsp3) is 0.333. The van der Waals surface area contributed by atoms with Gasteiger partial charge < -0.3 is 11.1 Å². The van der Waals surface area contributed by atoms with Gasteiger partial charge in [-0.15, -0.1) is 0 Å². The van der Waals surface area contributed by atoms with Crippen molar-refractivity contribution in [2.24, 2.45) is 5.92 Å². The zero-order valence-electron chi connectivity index (χ0n) is 12.6. The summed E-state index contributed by atoms with van der Waals surface area (Å²) in [6.45, 7) is 2.09. The first-order chi connectivity index (χ1) is 11.0. The lowest BCUT2D eigenvalue weighted by Gasteiger charge is -2.09. The van der Waals surface area contributed by atoms with Crippen LogP contribution in [-0.2, 0) is 0 Å². The van der Waals surface area contributed by atoms with E-state index in [9.17, 15) is 14.9 Å². The van der Waals surface area contributed by atoms with Gasteiger partial charge in [0.15, 0.2) is 0 Å². The molecule has 0 radical (unpaired) electrons. The second kappa shape index (κ2) is 5.71. The van der Waals surface area contributed by atoms with E-state index < -0.39 is 10.8 Å². The summed E-state index contributed by atoms with van der Waals surface area (Å²) in [7, 11) is 0. The molecule has 120 valence electrons. The number of carbonyl (C=O) groups excluding carboxylic acids is 1. The summed E-state index contributed by atoms with van der Waals surface area (Å²) in [4.78, 5) is 22.5. The molecule has 1 atom stereocenters. The molecule has 1 aromatic carbocycles. The number of nitrogens with two attached hydrogens (primary N) is 1. The molecular formula is C15H17N5O3. The van der Waals surface area contributed by atoms with Gasteiger partial charge >= 0.3 is 0 Å². The monoisotopic (exact) mass is 315 g/mol. The van der Waals surface area contributed by atoms with Crippen molar-refractivity contribution in [1.82, 2.24) is 9.78 Å². The van der Waals surface area contributed by atoms with Crippen molar-refractivity contribution in [3.8, 4) is 0 Å². The van der Waals surface area contributed by atoms with E-state index in [0.717, 1.165) is 0 Å². The number of non-ortho nitro benzene ring substituents is 1. The van der Waals surface area contributed by atoms with Gasteiger partial charge in [-0.25, -0.2) is 0 Å². The molecule has 0 spiro atoms. The highest BCUT2D eigenvalue weighted by Crippen LogP contribution is 2.39. The molecule has 1 heterocycles. The van der Waals surface area contributed by atoms with Gasteiger partial charge in [-0.05, 0) is 31.7 Å². The van der Waals surface area contributed by atoms with Crippen molar-refractivity contribution >= 4 is 23.0 Å². The van der Waals surface area contributed by atoms with Crippen molar-refractivity contribution in [3.05, 3.63) is 46.3 Å². The third-order valence-electron chi connectivity index (χ3n) is 4.07. The molecule has 1 aliphatic rings. The molecule has 1 fully saturated rings. The molecular weight excluding hydrogens is 298 g/mol. The van der Waals surface area contributed by atoms with Gasteiger partial charge in [-0.2, -0.15) is 5.10 Å². The Morgan fingerprint density at radius 2 is 2.26 bits per heavy atom. The SMILES string of the molecule is CC(C1CC1)n1cc(NC(=O)c2cc([N+](=O)[O-])ccc2N)cn1. The molecule has 0 bridgehead atoms. The van der Waals surface area contributed by atoms with Gasteiger partial charge in [0.25, 0.3) is 11.6 Å². The molecule has 23 heavy (non-hydrogen) atoms. The van der Waals surface area contributed by atoms with Crippen LogP contribution in [-0.4, -0.2) is 20.6 Å². The first-order valence-corrected chi connectivity index (χ1v) is 7.35. The van der Waals surface area contributed by atoms with Crippen LogP contribution in [0.3, 0.4) is 0 Å². The van der Waals surface area contributed by atoms with E-state index in [-0.39, 0.29) is 16.9 Å². The van der Waals surface area contributed by atoms with E-state index in [1.807, 2.05) is 4.68 Å². The maximum Gasteiger partial charge on any atom is 0.270 e. The molecule has 8 heteroatoms. The Morgan fingerprint density at radius 1 is 1.52 bits per heavy atom. The van der Waals surface area contributed by atoms with Crippen LogP contribution in [0.15, 0.2) is 30.6 Å². The molecule has 8 nitrogen and oxygen atoms in total. The number of benzene rings is 1. The largest absolute Gasteiger partial charge is 0.398 e. The lowest BCUT2D eigenvalue weighted by molar-refractivity contribution is -0.384. The van der Waals surface area contributed by atoms with Crippen molar-refractivity contribution in [1.29, 1.82) is 0 Å². The molecule has 0 aliphatic heterocycles. The molecule has 3 rings (SSSR count). The van der Waals surface area contributed by atoms with Crippen LogP contribution in [0.4, 0.5) is 17.1 Å². The third-order valence-corrected chi connectivity index (χ3v) is 4.07. The highest BCUT2D eigenvalue weighted by Gasteiger charge is 2.29. The minimum atomic E-state index is -0.564. The summed E-state index contributed by atoms with van der Waals surface area (Å²) >= 11 is 0. The van der Waals surface area contributed by atoms with E-state index >= 15 is 0 Å². The van der Waals surface area contributed by atoms with Gasteiger partial charge in [0, 0.05) is 24.0 Å². The number of anilines is 2. The second-order valence-electron chi connectivity index (χ2n) is 5.77. The number of hydrogen-bond donors (Lipinski definition) is 2. The average Bonchev–Trinajstić information content (AvgIpc) is 3.26. The predicted octanol–water partition coefficient (Wildman–Crippen LogP) is 2.60. The molecule has 1 unspecified atom stereocenters. The van der Waals surface area contributed by atoms with E-state index in [0.29, 0.717) is 17.6 Å². The minimum absolute atomic E-state index is 0.0715. The van der Waals surface area contributed by atoms with Crippen LogP contribution in [0, 0.1) is 16.0 Å². The summed E-state index contributed by atoms with van der Waals surface area (Å²) in [6.07, 6.45) is 5.72. The zero-order chi connectivity index (χ0) is 16.6. The number of hydrogen-bond acceptors (Lipinski definition) is 5. The number of nitro benzene ring substituents is 1. The van der Waals surface area contributed by atoms with Crippen LogP contribution >= 0.6 is 0 Å². The summed E-state index contributed by atoms with van der Waals surface area (Å²) in [6, 6.07) is 4.08. The maximum absolute atomic E-state index is 12.3. The lowest BCUT2D eigenvalue weighted by atomic mass is 10.1. The summed E-state index contributed by atoms with van der Waals surface area (Å²) in [5.74, 6) is 0.149. The van der Waals surface area contributed by atoms with Crippen molar-refractivity contribution < 1.29 is 9.72 Å². The van der Waals surface area contributed by atoms with E-state index in [1.54, 1.807) is 12.4 Å². The molecule has 1 amide bonds. The van der Waals surface area contributed by atoms with Crippen LogP contribution in [0.1, 0.15) is 36.2 Å². The van der Waals surface area contributed by atoms with Gasteiger partial charge in [0.1, 0.15) is 0 Å². The summed E-state index contributed by atoms with van der Waals surface area (Å²) < 4.78 is 1.82. The molecule has 1 aromatic heterocycles. The standard InChI is InChI=1S/C15H17N5O3/c1-9(10-2-3-10)19-8-11(7-17-19)18-15(21)13-6-12(20(22)23)4-5-14(13)16/h4-10H,2-3,16H2,1H3,(H,18,21). The highest BCUT2D eigenvalue weighted by atomic mass is 16.6. The Balaban J connectivity index is 1.76. The number of nitrogens with zero attached hydrogens (tertiary/aromatic N) is 3. The molecule has 0 saturated heterocycles. The van der Waals surface area contributed by atoms with E-state index in [2.05, 4.69) is 17.3 Å². The van der Waals surface area contributed by atoms with Gasteiger partial charge in [0.05, 0.1) is 28.4 Å². The number of carbonyl (C=O) groups is 1. The van der Waals surface area contributed by atoms with Crippen molar-refractivity contribution in [3.63, 3.8) is 0 Å². The quantitative estimate of drug-likeness (QED) is 0.500. The zero-order valence-corrected chi connectivity index (χ0v) is 12.6. The fourth-order valence-corrected chi connectivity index (χ4v) is 2.47. The van der Waals surface area contributed by atoms with E-state index in [4.69, 9.17) is 5.73 Å². The number of nitro groups is 1. The predicted molar refractivity (Wildman–Crippen MR) is 85.1 cm³/mol. The molecule has 2 aromatic rings. The van der Waals surface area contributed by atoms with Crippen LogP contribution in [0.5, 0.6) is 0 Å². The fourth-order valence-electron chi connectivity index (χ4n) is 2.47. The molecule has 3 N–H and O–H groups in total. The van der Waals surface area contributed by atoms with Crippen LogP contribution in [0.2, 0.25) is 0 Å². The van der Waals surface area contributed by atoms with Gasteiger partial charge in [-0.3, -0.25) is 19.6 Å². The molecule has 1 saturated carbocycles. The number of aromatic nitrogens is 2. The van der Waals surface area contributed by atoms with Crippen LogP contribution in [0.25, 0.3) is 0 Å². The van der Waals surface area contributed by atoms with Crippen molar-refractivity contribution in [2.45, 2.75) is 25.8 Å². The van der Waals surface area contributed by atoms with Crippen LogP contribution < -0.4 is 11.1 Å². The first-order valence-electron chi connectivity index (χ1n) is 7.35. The maximum atomic E-state index is 12.3. The number of rotatable bonds is 5. The smallest absolute Gasteiger partial charge is 0.270 e. The Bertz CT molecular complexity index is 766. The summed E-state index contributed by atoms with van der Waals surface area (Å²) in [5, 5.41) is 17.7. The topological polar surface area (TPSA) is 116 Å². The normalized spacial score (nSPS) is 15.2. The Hall–Kier alpha value is -2.90. The Kier molecular flexibility index (Phi) is 3.73. The van der Waals surface area contributed by atoms with E-state index in [1.165, 1.54) is 31.0 Å². The Labute approximate surface area is 132 Å². The molecule has 1 aliphatic carbocycles. The van der Waals surface area contributed by atoms with Gasteiger partial charge in [-0.1, -0.05) is 0 Å². The lowest BCUT2D eigenvalue weighted by Crippen LogP contribution is -2.14. The number of nitrogen functional groups attached to an aromatic ring is 1. The Morgan fingerprint density at radius 3 is 2.91 bits per heavy atom. The highest BCUT2D eigenvalue weighted by molar-refractivity contribution is 6.08. The summed E-state index contributed by atoms with van der Waals surface area (Å²) in [5.41, 5.74) is 6.36. The van der Waals surface area contributed by atoms with Crippen molar-refractivity contribution in [2.75, 3.05) is 11.1 Å². The number of amides is 1. The number of nitrogens with one attached hydrogen (secondary N) is 1. The second-order valence-corrected chi connectivity index (χ2v) is 5.77.